The van der Waals surface area contributed by atoms with Gasteiger partial charge in [-0.3, -0.25) is 4.90 Å². The van der Waals surface area contributed by atoms with Crippen LogP contribution in [-0.4, -0.2) is 30.1 Å². The van der Waals surface area contributed by atoms with Crippen LogP contribution in [0.25, 0.3) is 0 Å². The molecule has 0 spiro atoms. The minimum absolute atomic E-state index is 0.584. The summed E-state index contributed by atoms with van der Waals surface area (Å²) in [6, 6.07) is 7.16. The van der Waals surface area contributed by atoms with Gasteiger partial charge in [0.2, 0.25) is 0 Å². The molecule has 1 aromatic carbocycles. The van der Waals surface area contributed by atoms with E-state index in [2.05, 4.69) is 37.1 Å². The Bertz CT molecular complexity index is 464. The lowest BCUT2D eigenvalue weighted by Crippen LogP contribution is -2.57. The van der Waals surface area contributed by atoms with Crippen LogP contribution in [0.15, 0.2) is 18.2 Å². The Labute approximate surface area is 138 Å². The molecule has 3 atom stereocenters. The fraction of sp³-hybridized carbons (Fsp3) is 0.647. The highest BCUT2D eigenvalue weighted by Crippen LogP contribution is 2.25. The molecule has 0 aromatic heterocycles. The van der Waals surface area contributed by atoms with Crippen molar-refractivity contribution in [3.63, 3.8) is 0 Å². The van der Waals surface area contributed by atoms with Gasteiger partial charge >= 0.3 is 0 Å². The predicted octanol–water partition coefficient (Wildman–Crippen LogP) is 4.59. The first-order valence-corrected chi connectivity index (χ1v) is 8.72. The van der Waals surface area contributed by atoms with Gasteiger partial charge in [-0.25, -0.2) is 0 Å². The van der Waals surface area contributed by atoms with Crippen LogP contribution < -0.4 is 5.32 Å². The molecule has 1 heterocycles. The first-order valence-electron chi connectivity index (χ1n) is 7.96. The maximum atomic E-state index is 6.14. The normalized spacial score (nSPS) is 25.0. The standard InChI is InChI=1S/C17H26Cl2N2/c1-4-12(3)17-11-21(14(5-2)9-20-17)10-13-6-7-15(18)16(19)8-13/h6-8,12,14,17,20H,4-5,9-11H2,1-3H3. The summed E-state index contributed by atoms with van der Waals surface area (Å²) in [5.74, 6) is 0.708. The fourth-order valence-electron chi connectivity index (χ4n) is 3.02. The quantitative estimate of drug-likeness (QED) is 0.850. The number of rotatable bonds is 5. The average Bonchev–Trinajstić information content (AvgIpc) is 2.50. The molecule has 4 heteroatoms. The maximum absolute atomic E-state index is 6.14. The number of hydrogen-bond acceptors (Lipinski definition) is 2. The Hall–Kier alpha value is -0.280. The van der Waals surface area contributed by atoms with E-state index in [1.165, 1.54) is 18.4 Å². The first kappa shape index (κ1) is 17.1. The second kappa shape index (κ2) is 7.82. The molecule has 0 bridgehead atoms. The van der Waals surface area contributed by atoms with E-state index in [-0.39, 0.29) is 0 Å². The molecule has 1 N–H and O–H groups in total. The molecule has 0 radical (unpaired) electrons. The lowest BCUT2D eigenvalue weighted by Gasteiger charge is -2.42. The highest BCUT2D eigenvalue weighted by atomic mass is 35.5. The Morgan fingerprint density at radius 1 is 1.29 bits per heavy atom. The van der Waals surface area contributed by atoms with Gasteiger partial charge in [-0.2, -0.15) is 0 Å². The number of hydrogen-bond donors (Lipinski definition) is 1. The van der Waals surface area contributed by atoms with Crippen molar-refractivity contribution in [1.29, 1.82) is 0 Å². The van der Waals surface area contributed by atoms with Crippen LogP contribution >= 0.6 is 23.2 Å². The van der Waals surface area contributed by atoms with Gasteiger partial charge in [0.25, 0.3) is 0 Å². The number of benzene rings is 1. The molecule has 21 heavy (non-hydrogen) atoms. The van der Waals surface area contributed by atoms with E-state index >= 15 is 0 Å². The van der Waals surface area contributed by atoms with Crippen LogP contribution in [0.3, 0.4) is 0 Å². The van der Waals surface area contributed by atoms with Gasteiger partial charge < -0.3 is 5.32 Å². The SMILES string of the molecule is CCC(C)C1CN(Cc2ccc(Cl)c(Cl)c2)C(CC)CN1. The van der Waals surface area contributed by atoms with Crippen molar-refractivity contribution in [3.8, 4) is 0 Å². The van der Waals surface area contributed by atoms with E-state index in [1.54, 1.807) is 0 Å². The molecule has 0 amide bonds. The third-order valence-electron chi connectivity index (χ3n) is 4.74. The van der Waals surface area contributed by atoms with Crippen molar-refractivity contribution < 1.29 is 0 Å². The zero-order valence-electron chi connectivity index (χ0n) is 13.2. The van der Waals surface area contributed by atoms with Gasteiger partial charge in [-0.15, -0.1) is 0 Å². The fourth-order valence-corrected chi connectivity index (χ4v) is 3.34. The van der Waals surface area contributed by atoms with Crippen LogP contribution in [0.4, 0.5) is 0 Å². The van der Waals surface area contributed by atoms with Crippen LogP contribution in [0.1, 0.15) is 39.2 Å². The lowest BCUT2D eigenvalue weighted by atomic mass is 9.94. The molecular formula is C17H26Cl2N2. The second-order valence-electron chi connectivity index (χ2n) is 6.14. The van der Waals surface area contributed by atoms with Gasteiger partial charge in [0, 0.05) is 31.7 Å². The first-order chi connectivity index (χ1) is 10.0. The van der Waals surface area contributed by atoms with Crippen molar-refractivity contribution in [2.45, 2.75) is 52.2 Å². The van der Waals surface area contributed by atoms with Crippen LogP contribution in [0.5, 0.6) is 0 Å². The number of halogens is 2. The third-order valence-corrected chi connectivity index (χ3v) is 5.47. The molecular weight excluding hydrogens is 303 g/mol. The van der Waals surface area contributed by atoms with Gasteiger partial charge in [-0.1, -0.05) is 56.5 Å². The number of nitrogens with zero attached hydrogens (tertiary/aromatic N) is 1. The molecule has 0 saturated carbocycles. The minimum atomic E-state index is 0.584. The van der Waals surface area contributed by atoms with Crippen LogP contribution in [-0.2, 0) is 6.54 Å². The number of nitrogens with one attached hydrogen (secondary N) is 1. The Balaban J connectivity index is 2.08. The summed E-state index contributed by atoms with van der Waals surface area (Å²) in [6.45, 7) is 9.99. The summed E-state index contributed by atoms with van der Waals surface area (Å²) < 4.78 is 0. The summed E-state index contributed by atoms with van der Waals surface area (Å²) in [7, 11) is 0. The topological polar surface area (TPSA) is 15.3 Å². The van der Waals surface area contributed by atoms with Crippen molar-refractivity contribution in [2.75, 3.05) is 13.1 Å². The van der Waals surface area contributed by atoms with Crippen molar-refractivity contribution in [2.24, 2.45) is 5.92 Å². The molecule has 3 unspecified atom stereocenters. The van der Waals surface area contributed by atoms with Crippen LogP contribution in [0.2, 0.25) is 10.0 Å². The molecule has 2 rings (SSSR count). The molecule has 118 valence electrons. The predicted molar refractivity (Wildman–Crippen MR) is 92.2 cm³/mol. The average molecular weight is 329 g/mol. The molecule has 1 fully saturated rings. The van der Waals surface area contributed by atoms with E-state index in [0.29, 0.717) is 28.0 Å². The molecule has 1 aliphatic heterocycles. The lowest BCUT2D eigenvalue weighted by molar-refractivity contribution is 0.0993. The largest absolute Gasteiger partial charge is 0.311 e. The Kier molecular flexibility index (Phi) is 6.36. The summed E-state index contributed by atoms with van der Waals surface area (Å²) in [5.41, 5.74) is 1.24. The molecule has 1 aliphatic rings. The molecule has 1 saturated heterocycles. The highest BCUT2D eigenvalue weighted by molar-refractivity contribution is 6.42. The van der Waals surface area contributed by atoms with Crippen molar-refractivity contribution >= 4 is 23.2 Å². The Morgan fingerprint density at radius 2 is 2.05 bits per heavy atom. The van der Waals surface area contributed by atoms with Gasteiger partial charge in [-0.05, 0) is 30.0 Å². The van der Waals surface area contributed by atoms with Gasteiger partial charge in [0.1, 0.15) is 0 Å². The van der Waals surface area contributed by atoms with Gasteiger partial charge in [0.05, 0.1) is 10.0 Å². The third kappa shape index (κ3) is 4.35. The van der Waals surface area contributed by atoms with Gasteiger partial charge in [0.15, 0.2) is 0 Å². The van der Waals surface area contributed by atoms with E-state index < -0.39 is 0 Å². The summed E-state index contributed by atoms with van der Waals surface area (Å²) in [5, 5.41) is 5.00. The zero-order valence-corrected chi connectivity index (χ0v) is 14.7. The van der Waals surface area contributed by atoms with Crippen molar-refractivity contribution in [3.05, 3.63) is 33.8 Å². The van der Waals surface area contributed by atoms with Crippen LogP contribution in [0, 0.1) is 5.92 Å². The summed E-state index contributed by atoms with van der Waals surface area (Å²) in [6.07, 6.45) is 2.39. The summed E-state index contributed by atoms with van der Waals surface area (Å²) in [4.78, 5) is 2.59. The molecule has 2 nitrogen and oxygen atoms in total. The number of piperazine rings is 1. The maximum Gasteiger partial charge on any atom is 0.0595 e. The second-order valence-corrected chi connectivity index (χ2v) is 6.95. The van der Waals surface area contributed by atoms with E-state index in [1.807, 2.05) is 12.1 Å². The van der Waals surface area contributed by atoms with E-state index in [0.717, 1.165) is 19.6 Å². The monoisotopic (exact) mass is 328 g/mol. The zero-order chi connectivity index (χ0) is 15.4. The smallest absolute Gasteiger partial charge is 0.0595 e. The minimum Gasteiger partial charge on any atom is -0.311 e. The summed E-state index contributed by atoms with van der Waals surface area (Å²) >= 11 is 12.1. The van der Waals surface area contributed by atoms with Crippen molar-refractivity contribution in [1.82, 2.24) is 10.2 Å². The molecule has 1 aromatic rings. The Morgan fingerprint density at radius 3 is 2.67 bits per heavy atom. The highest BCUT2D eigenvalue weighted by Gasteiger charge is 2.29. The molecule has 0 aliphatic carbocycles. The van der Waals surface area contributed by atoms with E-state index in [4.69, 9.17) is 23.2 Å². The van der Waals surface area contributed by atoms with E-state index in [9.17, 15) is 0 Å².